The van der Waals surface area contributed by atoms with Crippen molar-refractivity contribution in [1.82, 2.24) is 0 Å². The summed E-state index contributed by atoms with van der Waals surface area (Å²) in [5.41, 5.74) is 3.90. The summed E-state index contributed by atoms with van der Waals surface area (Å²) in [6.45, 7) is 2.29. The highest BCUT2D eigenvalue weighted by molar-refractivity contribution is 7.87. The van der Waals surface area contributed by atoms with Gasteiger partial charge in [0.2, 0.25) is 0 Å². The number of carbonyl (C=O) groups excluding carboxylic acids is 2. The summed E-state index contributed by atoms with van der Waals surface area (Å²) in [6, 6.07) is 0. The van der Waals surface area contributed by atoms with E-state index in [1.54, 1.807) is 0 Å². The molecule has 0 heterocycles. The molecule has 0 fully saturated rings. The molecule has 0 spiro atoms. The van der Waals surface area contributed by atoms with Gasteiger partial charge in [0.25, 0.3) is 0 Å². The molecule has 164 valence electrons. The van der Waals surface area contributed by atoms with Crippen molar-refractivity contribution < 1.29 is 62.8 Å². The summed E-state index contributed by atoms with van der Waals surface area (Å²) in [5.74, 6) is -14.1. The van der Waals surface area contributed by atoms with Crippen LogP contribution in [0.4, 0.5) is 30.7 Å². The lowest BCUT2D eigenvalue weighted by Gasteiger charge is -2.32. The first-order valence-electron chi connectivity index (χ1n) is 6.85. The standard InChI is InChI=1S/C12H14F7NO7S/c1-6(2)7(21)27-10(8(20)22,11(15,16)17)26-5-3-4-9(13,14)12(18,19)28(23,24)25/h1,3-5H2,2H3,(H2,20,22)(H,23,24,25). The Morgan fingerprint density at radius 2 is 1.57 bits per heavy atom. The maximum Gasteiger partial charge on any atom is 0.466 e. The average molecular weight is 449 g/mol. The van der Waals surface area contributed by atoms with Crippen molar-refractivity contribution in [2.24, 2.45) is 5.73 Å². The zero-order chi connectivity index (χ0) is 22.8. The van der Waals surface area contributed by atoms with Gasteiger partial charge < -0.3 is 15.2 Å². The van der Waals surface area contributed by atoms with Crippen molar-refractivity contribution in [1.29, 1.82) is 0 Å². The van der Waals surface area contributed by atoms with E-state index in [2.05, 4.69) is 21.8 Å². The van der Waals surface area contributed by atoms with Gasteiger partial charge in [-0.15, -0.1) is 0 Å². The lowest BCUT2D eigenvalue weighted by atomic mass is 10.2. The quantitative estimate of drug-likeness (QED) is 0.130. The molecule has 28 heavy (non-hydrogen) atoms. The van der Waals surface area contributed by atoms with E-state index in [0.29, 0.717) is 0 Å². The molecule has 0 aliphatic rings. The van der Waals surface area contributed by atoms with E-state index in [9.17, 15) is 48.7 Å². The molecule has 3 N–H and O–H groups in total. The zero-order valence-electron chi connectivity index (χ0n) is 13.9. The first-order valence-corrected chi connectivity index (χ1v) is 8.29. The number of hydrogen-bond acceptors (Lipinski definition) is 6. The number of primary amides is 1. The Kier molecular flexibility index (Phi) is 7.63. The van der Waals surface area contributed by atoms with E-state index in [-0.39, 0.29) is 0 Å². The van der Waals surface area contributed by atoms with E-state index in [1.165, 1.54) is 0 Å². The first kappa shape index (κ1) is 26.1. The Morgan fingerprint density at radius 3 is 1.89 bits per heavy atom. The summed E-state index contributed by atoms with van der Waals surface area (Å²) in [4.78, 5) is 22.5. The molecule has 0 aromatic heterocycles. The highest BCUT2D eigenvalue weighted by atomic mass is 32.2. The molecule has 0 saturated heterocycles. The number of nitrogens with two attached hydrogens (primary N) is 1. The number of ether oxygens (including phenoxy) is 2. The van der Waals surface area contributed by atoms with Crippen LogP contribution in [0.5, 0.6) is 0 Å². The van der Waals surface area contributed by atoms with Crippen LogP contribution in [-0.2, 0) is 29.2 Å². The van der Waals surface area contributed by atoms with Gasteiger partial charge in [-0.05, 0) is 13.3 Å². The second-order valence-electron chi connectivity index (χ2n) is 5.30. The number of alkyl halides is 7. The minimum Gasteiger partial charge on any atom is -0.412 e. The van der Waals surface area contributed by atoms with Crippen molar-refractivity contribution in [3.8, 4) is 0 Å². The fraction of sp³-hybridized carbons (Fsp3) is 0.667. The third kappa shape index (κ3) is 5.32. The molecule has 16 heteroatoms. The topological polar surface area (TPSA) is 133 Å². The smallest absolute Gasteiger partial charge is 0.412 e. The summed E-state index contributed by atoms with van der Waals surface area (Å²) >= 11 is 0. The third-order valence-electron chi connectivity index (χ3n) is 2.97. The van der Waals surface area contributed by atoms with Crippen molar-refractivity contribution in [2.75, 3.05) is 6.61 Å². The van der Waals surface area contributed by atoms with Gasteiger partial charge in [-0.2, -0.15) is 39.2 Å². The fourth-order valence-electron chi connectivity index (χ4n) is 1.49. The maximum atomic E-state index is 13.3. The van der Waals surface area contributed by atoms with E-state index >= 15 is 0 Å². The molecular weight excluding hydrogens is 435 g/mol. The number of amides is 1. The van der Waals surface area contributed by atoms with Gasteiger partial charge in [-0.1, -0.05) is 6.58 Å². The second-order valence-corrected chi connectivity index (χ2v) is 6.76. The fourth-order valence-corrected chi connectivity index (χ4v) is 1.97. The van der Waals surface area contributed by atoms with E-state index in [1.807, 2.05) is 0 Å². The van der Waals surface area contributed by atoms with Gasteiger partial charge in [-0.25, -0.2) is 4.79 Å². The van der Waals surface area contributed by atoms with Crippen molar-refractivity contribution in [3.05, 3.63) is 12.2 Å². The number of esters is 1. The highest BCUT2D eigenvalue weighted by Gasteiger charge is 2.67. The van der Waals surface area contributed by atoms with Gasteiger partial charge in [0.15, 0.2) is 0 Å². The summed E-state index contributed by atoms with van der Waals surface area (Å²) in [5, 5.41) is -5.95. The second kappa shape index (κ2) is 8.20. The van der Waals surface area contributed by atoms with Gasteiger partial charge in [0.1, 0.15) is 0 Å². The van der Waals surface area contributed by atoms with Crippen LogP contribution >= 0.6 is 0 Å². The SMILES string of the molecule is C=C(C)C(=O)OC(OCCCC(F)(F)C(F)(F)S(=O)(=O)O)(C(N)=O)C(F)(F)F. The molecule has 0 aromatic rings. The van der Waals surface area contributed by atoms with Gasteiger partial charge >= 0.3 is 45.1 Å². The zero-order valence-corrected chi connectivity index (χ0v) is 14.7. The van der Waals surface area contributed by atoms with Crippen molar-refractivity contribution in [3.63, 3.8) is 0 Å². The molecule has 1 atom stereocenters. The molecule has 1 amide bonds. The Hall–Kier alpha value is -1.94. The van der Waals surface area contributed by atoms with Gasteiger partial charge in [0, 0.05) is 12.0 Å². The molecule has 8 nitrogen and oxygen atoms in total. The normalized spacial score (nSPS) is 15.6. The number of rotatable bonds is 10. The largest absolute Gasteiger partial charge is 0.466 e. The Balaban J connectivity index is 5.45. The average Bonchev–Trinajstić information content (AvgIpc) is 2.46. The van der Waals surface area contributed by atoms with Crippen LogP contribution in [0.15, 0.2) is 12.2 Å². The Morgan fingerprint density at radius 1 is 1.11 bits per heavy atom. The van der Waals surface area contributed by atoms with Gasteiger partial charge in [0.05, 0.1) is 6.61 Å². The van der Waals surface area contributed by atoms with Crippen molar-refractivity contribution in [2.45, 2.75) is 42.9 Å². The number of carbonyl (C=O) groups is 2. The highest BCUT2D eigenvalue weighted by Crippen LogP contribution is 2.42. The van der Waals surface area contributed by atoms with E-state index in [4.69, 9.17) is 4.55 Å². The van der Waals surface area contributed by atoms with Gasteiger partial charge in [-0.3, -0.25) is 9.35 Å². The Labute approximate surface area is 153 Å². The summed E-state index contributed by atoms with van der Waals surface area (Å²) in [6.07, 6.45) is -9.29. The minimum atomic E-state index is -6.55. The van der Waals surface area contributed by atoms with Crippen LogP contribution in [-0.4, -0.2) is 54.6 Å². The van der Waals surface area contributed by atoms with Crippen LogP contribution in [0.3, 0.4) is 0 Å². The molecular formula is C12H14F7NO7S. The molecule has 0 rings (SSSR count). The molecule has 0 radical (unpaired) electrons. The molecule has 0 saturated carbocycles. The third-order valence-corrected chi connectivity index (χ3v) is 3.92. The number of hydrogen-bond donors (Lipinski definition) is 2. The van der Waals surface area contributed by atoms with E-state index in [0.717, 1.165) is 6.92 Å². The summed E-state index contributed by atoms with van der Waals surface area (Å²) in [7, 11) is -6.55. The molecule has 0 aliphatic heterocycles. The van der Waals surface area contributed by atoms with Crippen LogP contribution in [0.2, 0.25) is 0 Å². The van der Waals surface area contributed by atoms with Crippen LogP contribution in [0.1, 0.15) is 19.8 Å². The predicted molar refractivity (Wildman–Crippen MR) is 75.5 cm³/mol. The molecule has 0 bridgehead atoms. The molecule has 0 aromatic carbocycles. The van der Waals surface area contributed by atoms with Crippen LogP contribution in [0, 0.1) is 0 Å². The van der Waals surface area contributed by atoms with Crippen molar-refractivity contribution >= 4 is 22.0 Å². The first-order chi connectivity index (χ1) is 12.2. The Bertz CT molecular complexity index is 735. The lowest BCUT2D eigenvalue weighted by molar-refractivity contribution is -0.346. The lowest BCUT2D eigenvalue weighted by Crippen LogP contribution is -2.60. The number of halogens is 7. The predicted octanol–water partition coefficient (Wildman–Crippen LogP) is 1.76. The minimum absolute atomic E-state index is 0.627. The maximum absolute atomic E-state index is 13.3. The monoisotopic (exact) mass is 449 g/mol. The summed E-state index contributed by atoms with van der Waals surface area (Å²) < 4.78 is 129. The molecule has 0 aliphatic carbocycles. The molecule has 1 unspecified atom stereocenters. The van der Waals surface area contributed by atoms with Crippen LogP contribution < -0.4 is 5.73 Å². The van der Waals surface area contributed by atoms with E-state index < -0.39 is 70.2 Å². The van der Waals surface area contributed by atoms with Crippen LogP contribution in [0.25, 0.3) is 0 Å².